The molecule has 0 unspecified atom stereocenters. The average molecular weight is 484 g/mol. The van der Waals surface area contributed by atoms with E-state index in [1.807, 2.05) is 67.1 Å². The van der Waals surface area contributed by atoms with E-state index in [9.17, 15) is 14.0 Å². The van der Waals surface area contributed by atoms with E-state index in [0.717, 1.165) is 33.2 Å². The van der Waals surface area contributed by atoms with Crippen molar-refractivity contribution in [2.24, 2.45) is 0 Å². The van der Waals surface area contributed by atoms with Crippen LogP contribution in [0.4, 0.5) is 10.1 Å². The number of carbonyl (C=O) groups is 2. The molecule has 1 aliphatic heterocycles. The second-order valence-electron chi connectivity index (χ2n) is 8.66. The molecule has 1 fully saturated rings. The van der Waals surface area contributed by atoms with Gasteiger partial charge in [-0.15, -0.1) is 0 Å². The van der Waals surface area contributed by atoms with Crippen LogP contribution in [-0.2, 0) is 16.1 Å². The first-order valence-corrected chi connectivity index (χ1v) is 11.5. The van der Waals surface area contributed by atoms with Crippen LogP contribution in [0.1, 0.15) is 22.3 Å². The number of para-hydroxylation sites is 1. The van der Waals surface area contributed by atoms with E-state index in [1.54, 1.807) is 18.2 Å². The predicted molar refractivity (Wildman–Crippen MR) is 140 cm³/mol. The minimum Gasteiger partial charge on any atom is -0.342 e. The Morgan fingerprint density at radius 2 is 1.66 bits per heavy atom. The maximum absolute atomic E-state index is 13.5. The molecule has 0 radical (unpaired) electrons. The second kappa shape index (κ2) is 8.92. The van der Waals surface area contributed by atoms with Crippen molar-refractivity contribution < 1.29 is 14.0 Å². The van der Waals surface area contributed by atoms with Gasteiger partial charge in [0.25, 0.3) is 11.8 Å². The first-order valence-electron chi connectivity index (χ1n) is 11.1. The van der Waals surface area contributed by atoms with Gasteiger partial charge >= 0.3 is 0 Å². The Morgan fingerprint density at radius 1 is 0.971 bits per heavy atom. The molecule has 0 bridgehead atoms. The zero-order chi connectivity index (χ0) is 24.7. The SMILES string of the molecule is Cc1cc(C)cc(N2C(=O)/C(=C/c3cn(Cc4ccc(F)cc4)c4ccccc34)C(=O)NC2=S)c1. The van der Waals surface area contributed by atoms with Gasteiger partial charge in [-0.3, -0.25) is 19.8 Å². The number of thiocarbonyl (C=S) groups is 1. The summed E-state index contributed by atoms with van der Waals surface area (Å²) in [4.78, 5) is 27.7. The smallest absolute Gasteiger partial charge is 0.270 e. The lowest BCUT2D eigenvalue weighted by Crippen LogP contribution is -2.54. The number of hydrogen-bond acceptors (Lipinski definition) is 3. The number of anilines is 1. The molecule has 1 aliphatic rings. The highest BCUT2D eigenvalue weighted by molar-refractivity contribution is 7.80. The van der Waals surface area contributed by atoms with Gasteiger partial charge in [0.05, 0.1) is 5.69 Å². The third-order valence-electron chi connectivity index (χ3n) is 5.95. The molecular formula is C28H22FN3O2S. The molecular weight excluding hydrogens is 461 g/mol. The first kappa shape index (κ1) is 22.7. The third kappa shape index (κ3) is 4.38. The molecule has 2 amide bonds. The molecule has 5 rings (SSSR count). The van der Waals surface area contributed by atoms with Crippen LogP contribution >= 0.6 is 12.2 Å². The van der Waals surface area contributed by atoms with Crippen molar-refractivity contribution in [2.45, 2.75) is 20.4 Å². The number of nitrogens with one attached hydrogen (secondary N) is 1. The molecule has 0 saturated carbocycles. The minimum atomic E-state index is -0.531. The average Bonchev–Trinajstić information content (AvgIpc) is 3.14. The summed E-state index contributed by atoms with van der Waals surface area (Å²) in [6.45, 7) is 4.40. The summed E-state index contributed by atoms with van der Waals surface area (Å²) in [6, 6.07) is 19.8. The Morgan fingerprint density at radius 3 is 2.37 bits per heavy atom. The number of rotatable bonds is 4. The van der Waals surface area contributed by atoms with Crippen molar-refractivity contribution >= 4 is 51.8 Å². The molecule has 174 valence electrons. The van der Waals surface area contributed by atoms with Crippen LogP contribution in [0.2, 0.25) is 0 Å². The van der Waals surface area contributed by atoms with Crippen LogP contribution < -0.4 is 10.2 Å². The van der Waals surface area contributed by atoms with Gasteiger partial charge in [-0.05, 0) is 79.2 Å². The van der Waals surface area contributed by atoms with Crippen molar-refractivity contribution in [1.29, 1.82) is 0 Å². The summed E-state index contributed by atoms with van der Waals surface area (Å²) in [5.74, 6) is -1.29. The number of nitrogens with zero attached hydrogens (tertiary/aromatic N) is 2. The van der Waals surface area contributed by atoms with Crippen molar-refractivity contribution in [3.8, 4) is 0 Å². The zero-order valence-electron chi connectivity index (χ0n) is 19.2. The zero-order valence-corrected chi connectivity index (χ0v) is 20.0. The Balaban J connectivity index is 1.57. The number of halogens is 1. The molecule has 35 heavy (non-hydrogen) atoms. The first-order chi connectivity index (χ1) is 16.8. The van der Waals surface area contributed by atoms with Crippen LogP contribution in [0.3, 0.4) is 0 Å². The molecule has 5 nitrogen and oxygen atoms in total. The van der Waals surface area contributed by atoms with Gasteiger partial charge in [0.1, 0.15) is 11.4 Å². The van der Waals surface area contributed by atoms with Crippen LogP contribution in [0.15, 0.2) is 78.5 Å². The molecule has 0 atom stereocenters. The molecule has 1 aromatic heterocycles. The Labute approximate surface area is 207 Å². The fourth-order valence-electron chi connectivity index (χ4n) is 4.43. The van der Waals surface area contributed by atoms with E-state index in [1.165, 1.54) is 17.0 Å². The maximum atomic E-state index is 13.5. The van der Waals surface area contributed by atoms with Gasteiger partial charge in [-0.25, -0.2) is 4.39 Å². The number of aromatic nitrogens is 1. The van der Waals surface area contributed by atoms with Crippen LogP contribution in [0, 0.1) is 19.7 Å². The molecule has 0 aliphatic carbocycles. The summed E-state index contributed by atoms with van der Waals surface area (Å²) < 4.78 is 15.4. The molecule has 0 spiro atoms. The lowest BCUT2D eigenvalue weighted by atomic mass is 10.1. The van der Waals surface area contributed by atoms with Crippen molar-refractivity contribution in [1.82, 2.24) is 9.88 Å². The number of fused-ring (bicyclic) bond motifs is 1. The number of hydrogen-bond donors (Lipinski definition) is 1. The van der Waals surface area contributed by atoms with Gasteiger partial charge < -0.3 is 4.57 Å². The normalized spacial score (nSPS) is 15.2. The number of carbonyl (C=O) groups excluding carboxylic acids is 2. The van der Waals surface area contributed by atoms with Crippen LogP contribution in [-0.4, -0.2) is 21.5 Å². The topological polar surface area (TPSA) is 54.3 Å². The monoisotopic (exact) mass is 483 g/mol. The van der Waals surface area contributed by atoms with E-state index >= 15 is 0 Å². The Kier molecular flexibility index (Phi) is 5.78. The van der Waals surface area contributed by atoms with E-state index in [0.29, 0.717) is 12.2 Å². The number of amides is 2. The summed E-state index contributed by atoms with van der Waals surface area (Å²) in [5, 5.41) is 3.61. The minimum absolute atomic E-state index is 0.00226. The molecule has 3 aromatic carbocycles. The lowest BCUT2D eigenvalue weighted by molar-refractivity contribution is -0.122. The van der Waals surface area contributed by atoms with Crippen molar-refractivity contribution in [3.63, 3.8) is 0 Å². The second-order valence-corrected chi connectivity index (χ2v) is 9.05. The molecule has 7 heteroatoms. The van der Waals surface area contributed by atoms with Crippen LogP contribution in [0.25, 0.3) is 17.0 Å². The highest BCUT2D eigenvalue weighted by atomic mass is 32.1. The van der Waals surface area contributed by atoms with E-state index in [4.69, 9.17) is 12.2 Å². The van der Waals surface area contributed by atoms with E-state index in [-0.39, 0.29) is 16.5 Å². The Hall–Kier alpha value is -4.10. The lowest BCUT2D eigenvalue weighted by Gasteiger charge is -2.29. The summed E-state index contributed by atoms with van der Waals surface area (Å²) in [6.07, 6.45) is 3.51. The highest BCUT2D eigenvalue weighted by Crippen LogP contribution is 2.28. The van der Waals surface area contributed by atoms with E-state index in [2.05, 4.69) is 5.32 Å². The molecule has 1 N–H and O–H groups in total. The standard InChI is InChI=1S/C28H22FN3O2S/c1-17-11-18(2)13-22(12-17)32-27(34)24(26(33)30-28(32)35)14-20-16-31(25-6-4-3-5-23(20)25)15-19-7-9-21(29)10-8-19/h3-14,16H,15H2,1-2H3,(H,30,33,35)/b24-14+. The van der Waals surface area contributed by atoms with Crippen molar-refractivity contribution in [2.75, 3.05) is 4.90 Å². The largest absolute Gasteiger partial charge is 0.342 e. The van der Waals surface area contributed by atoms with Gasteiger partial charge in [0.15, 0.2) is 5.11 Å². The summed E-state index contributed by atoms with van der Waals surface area (Å²) in [5.41, 5.74) is 5.20. The molecule has 2 heterocycles. The van der Waals surface area contributed by atoms with Gasteiger partial charge in [-0.2, -0.15) is 0 Å². The fraction of sp³-hybridized carbons (Fsp3) is 0.107. The maximum Gasteiger partial charge on any atom is 0.270 e. The van der Waals surface area contributed by atoms with Crippen molar-refractivity contribution in [3.05, 3.63) is 107 Å². The number of aryl methyl sites for hydroxylation is 2. The van der Waals surface area contributed by atoms with Gasteiger partial charge in [0.2, 0.25) is 0 Å². The Bertz CT molecular complexity index is 1520. The van der Waals surface area contributed by atoms with Gasteiger partial charge in [0, 0.05) is 29.2 Å². The fourth-order valence-corrected chi connectivity index (χ4v) is 4.72. The highest BCUT2D eigenvalue weighted by Gasteiger charge is 2.34. The van der Waals surface area contributed by atoms with Gasteiger partial charge in [-0.1, -0.05) is 36.4 Å². The molecule has 4 aromatic rings. The van der Waals surface area contributed by atoms with Crippen LogP contribution in [0.5, 0.6) is 0 Å². The summed E-state index contributed by atoms with van der Waals surface area (Å²) in [7, 11) is 0. The third-order valence-corrected chi connectivity index (χ3v) is 6.24. The van der Waals surface area contributed by atoms with E-state index < -0.39 is 11.8 Å². The predicted octanol–water partition coefficient (Wildman–Crippen LogP) is 5.28. The molecule has 1 saturated heterocycles. The number of benzene rings is 3. The quantitative estimate of drug-likeness (QED) is 0.244. The summed E-state index contributed by atoms with van der Waals surface area (Å²) >= 11 is 5.35.